The predicted molar refractivity (Wildman–Crippen MR) is 96.7 cm³/mol. The smallest absolute Gasteiger partial charge is 0.216 e. The molecule has 1 fully saturated rings. The number of rotatable bonds is 4. The molecule has 0 aliphatic carbocycles. The van der Waals surface area contributed by atoms with Crippen molar-refractivity contribution in [3.63, 3.8) is 0 Å². The van der Waals surface area contributed by atoms with Crippen molar-refractivity contribution in [1.29, 1.82) is 0 Å². The Labute approximate surface area is 143 Å². The second-order valence-electron chi connectivity index (χ2n) is 6.50. The number of aromatic amines is 1. The zero-order chi connectivity index (χ0) is 15.9. The van der Waals surface area contributed by atoms with Crippen LogP contribution in [0.3, 0.4) is 0 Å². The van der Waals surface area contributed by atoms with Gasteiger partial charge < -0.3 is 9.88 Å². The van der Waals surface area contributed by atoms with Crippen molar-refractivity contribution in [1.82, 2.24) is 24.5 Å². The first-order valence-corrected chi connectivity index (χ1v) is 9.32. The van der Waals surface area contributed by atoms with Gasteiger partial charge in [-0.05, 0) is 30.5 Å². The Hall–Kier alpha value is -2.18. The quantitative estimate of drug-likeness (QED) is 0.621. The molecule has 0 radical (unpaired) electrons. The number of hydrogen-bond acceptors (Lipinski definition) is 4. The summed E-state index contributed by atoms with van der Waals surface area (Å²) in [6.07, 6.45) is 6.45. The van der Waals surface area contributed by atoms with Crippen LogP contribution in [0.5, 0.6) is 0 Å². The fraction of sp³-hybridized carbons (Fsp3) is 0.333. The first-order valence-electron chi connectivity index (χ1n) is 8.44. The molecular formula is C18H19N5S. The Bertz CT molecular complexity index is 981. The average molecular weight is 337 g/mol. The molecule has 24 heavy (non-hydrogen) atoms. The number of likely N-dealkylation sites (tertiary alicyclic amines) is 1. The highest BCUT2D eigenvalue weighted by atomic mass is 32.1. The Morgan fingerprint density at radius 2 is 2.21 bits per heavy atom. The molecule has 0 saturated carbocycles. The number of nitrogens with one attached hydrogen (secondary N) is 1. The lowest BCUT2D eigenvalue weighted by atomic mass is 9.98. The largest absolute Gasteiger partial charge is 0.361 e. The third-order valence-electron chi connectivity index (χ3n) is 5.10. The summed E-state index contributed by atoms with van der Waals surface area (Å²) in [4.78, 5) is 6.96. The number of fused-ring (bicyclic) bond motifs is 2. The van der Waals surface area contributed by atoms with Gasteiger partial charge in [0.2, 0.25) is 4.96 Å². The SMILES string of the molecule is c1ccc2c(C3CCN(CCc4nnc5sccn45)C3)c[nH]c2c1. The fourth-order valence-corrected chi connectivity index (χ4v) is 4.51. The molecule has 1 aromatic carbocycles. The molecule has 1 aliphatic rings. The molecule has 5 rings (SSSR count). The highest BCUT2D eigenvalue weighted by molar-refractivity contribution is 7.15. The van der Waals surface area contributed by atoms with Crippen molar-refractivity contribution >= 4 is 27.2 Å². The van der Waals surface area contributed by atoms with Gasteiger partial charge in [0.25, 0.3) is 0 Å². The summed E-state index contributed by atoms with van der Waals surface area (Å²) in [5.41, 5.74) is 2.71. The second-order valence-corrected chi connectivity index (χ2v) is 7.37. The van der Waals surface area contributed by atoms with Crippen LogP contribution >= 0.6 is 11.3 Å². The van der Waals surface area contributed by atoms with E-state index in [0.717, 1.165) is 36.8 Å². The van der Waals surface area contributed by atoms with Crippen molar-refractivity contribution in [2.75, 3.05) is 19.6 Å². The summed E-state index contributed by atoms with van der Waals surface area (Å²) in [7, 11) is 0. The maximum atomic E-state index is 4.32. The summed E-state index contributed by atoms with van der Waals surface area (Å²) >= 11 is 1.64. The highest BCUT2D eigenvalue weighted by Gasteiger charge is 2.25. The molecule has 4 aromatic rings. The molecular weight excluding hydrogens is 318 g/mol. The third kappa shape index (κ3) is 2.34. The average Bonchev–Trinajstić information content (AvgIpc) is 3.36. The van der Waals surface area contributed by atoms with E-state index in [0.29, 0.717) is 5.92 Å². The topological polar surface area (TPSA) is 49.2 Å². The Morgan fingerprint density at radius 1 is 1.25 bits per heavy atom. The Balaban J connectivity index is 1.28. The van der Waals surface area contributed by atoms with Crippen LogP contribution in [0.2, 0.25) is 0 Å². The van der Waals surface area contributed by atoms with Crippen LogP contribution in [0.25, 0.3) is 15.9 Å². The zero-order valence-electron chi connectivity index (χ0n) is 13.4. The van der Waals surface area contributed by atoms with Crippen molar-refractivity contribution in [2.45, 2.75) is 18.8 Å². The molecule has 122 valence electrons. The van der Waals surface area contributed by atoms with E-state index in [1.807, 2.05) is 0 Å². The van der Waals surface area contributed by atoms with Crippen molar-refractivity contribution in [3.8, 4) is 0 Å². The van der Waals surface area contributed by atoms with Gasteiger partial charge in [-0.3, -0.25) is 4.40 Å². The van der Waals surface area contributed by atoms with Gasteiger partial charge in [0.1, 0.15) is 5.82 Å². The van der Waals surface area contributed by atoms with E-state index < -0.39 is 0 Å². The fourth-order valence-electron chi connectivity index (χ4n) is 3.84. The summed E-state index contributed by atoms with van der Waals surface area (Å²) in [6, 6.07) is 8.60. The van der Waals surface area contributed by atoms with Crippen LogP contribution in [0.1, 0.15) is 23.7 Å². The molecule has 6 heteroatoms. The minimum absolute atomic E-state index is 0.626. The van der Waals surface area contributed by atoms with Crippen molar-refractivity contribution in [3.05, 3.63) is 53.4 Å². The van der Waals surface area contributed by atoms with E-state index in [9.17, 15) is 0 Å². The zero-order valence-corrected chi connectivity index (χ0v) is 14.2. The van der Waals surface area contributed by atoms with Crippen LogP contribution < -0.4 is 0 Å². The molecule has 5 nitrogen and oxygen atoms in total. The van der Waals surface area contributed by atoms with Crippen molar-refractivity contribution < 1.29 is 0 Å². The summed E-state index contributed by atoms with van der Waals surface area (Å²) in [6.45, 7) is 3.35. The number of aromatic nitrogens is 4. The summed E-state index contributed by atoms with van der Waals surface area (Å²) in [5.74, 6) is 1.70. The van der Waals surface area contributed by atoms with Gasteiger partial charge in [-0.2, -0.15) is 0 Å². The number of para-hydroxylation sites is 1. The lowest BCUT2D eigenvalue weighted by molar-refractivity contribution is 0.336. The number of benzene rings is 1. The number of nitrogens with zero attached hydrogens (tertiary/aromatic N) is 4. The number of thiazole rings is 1. The highest BCUT2D eigenvalue weighted by Crippen LogP contribution is 2.32. The minimum Gasteiger partial charge on any atom is -0.361 e. The Morgan fingerprint density at radius 3 is 3.21 bits per heavy atom. The van der Waals surface area contributed by atoms with E-state index >= 15 is 0 Å². The van der Waals surface area contributed by atoms with Crippen LogP contribution in [0.15, 0.2) is 42.0 Å². The van der Waals surface area contributed by atoms with E-state index in [1.165, 1.54) is 22.9 Å². The molecule has 0 spiro atoms. The normalized spacial score (nSPS) is 18.9. The predicted octanol–water partition coefficient (Wildman–Crippen LogP) is 3.30. The molecule has 4 heterocycles. The lowest BCUT2D eigenvalue weighted by Gasteiger charge is -2.15. The number of hydrogen-bond donors (Lipinski definition) is 1. The maximum Gasteiger partial charge on any atom is 0.216 e. The molecule has 1 aliphatic heterocycles. The molecule has 1 saturated heterocycles. The first-order chi connectivity index (χ1) is 11.9. The maximum absolute atomic E-state index is 4.32. The molecule has 0 bridgehead atoms. The summed E-state index contributed by atoms with van der Waals surface area (Å²) in [5, 5.41) is 12.0. The van der Waals surface area contributed by atoms with Gasteiger partial charge in [-0.25, -0.2) is 0 Å². The van der Waals surface area contributed by atoms with E-state index in [1.54, 1.807) is 11.3 Å². The van der Waals surface area contributed by atoms with Gasteiger partial charge in [-0.15, -0.1) is 21.5 Å². The van der Waals surface area contributed by atoms with Gasteiger partial charge in [0.05, 0.1) is 0 Å². The van der Waals surface area contributed by atoms with E-state index in [4.69, 9.17) is 0 Å². The van der Waals surface area contributed by atoms with Crippen LogP contribution in [0.4, 0.5) is 0 Å². The van der Waals surface area contributed by atoms with Gasteiger partial charge in [0.15, 0.2) is 0 Å². The van der Waals surface area contributed by atoms with Gasteiger partial charge in [0, 0.05) is 48.2 Å². The standard InChI is InChI=1S/C18H19N5S/c1-2-4-16-14(3-1)15(11-19-16)13-5-7-22(12-13)8-6-17-20-21-18-23(17)9-10-24-18/h1-4,9-11,13,19H,5-8,12H2. The van der Waals surface area contributed by atoms with Gasteiger partial charge >= 0.3 is 0 Å². The van der Waals surface area contributed by atoms with E-state index in [2.05, 4.69) is 66.5 Å². The lowest BCUT2D eigenvalue weighted by Crippen LogP contribution is -2.23. The first kappa shape index (κ1) is 14.2. The molecule has 1 N–H and O–H groups in total. The Kier molecular flexibility index (Phi) is 3.38. The number of H-pyrrole nitrogens is 1. The van der Waals surface area contributed by atoms with Crippen LogP contribution in [0, 0.1) is 0 Å². The van der Waals surface area contributed by atoms with E-state index in [-0.39, 0.29) is 0 Å². The third-order valence-corrected chi connectivity index (χ3v) is 5.85. The second kappa shape index (κ2) is 5.72. The minimum atomic E-state index is 0.626. The van der Waals surface area contributed by atoms with Crippen LogP contribution in [-0.2, 0) is 6.42 Å². The monoisotopic (exact) mass is 337 g/mol. The molecule has 1 unspecified atom stereocenters. The molecule has 3 aromatic heterocycles. The van der Waals surface area contributed by atoms with Gasteiger partial charge in [-0.1, -0.05) is 18.2 Å². The molecule has 1 atom stereocenters. The molecule has 0 amide bonds. The summed E-state index contributed by atoms with van der Waals surface area (Å²) < 4.78 is 2.11. The van der Waals surface area contributed by atoms with Crippen LogP contribution in [-0.4, -0.2) is 44.1 Å². The van der Waals surface area contributed by atoms with Crippen molar-refractivity contribution in [2.24, 2.45) is 0 Å².